The summed E-state index contributed by atoms with van der Waals surface area (Å²) < 4.78 is 1.98. The van der Waals surface area contributed by atoms with E-state index in [2.05, 4.69) is 17.1 Å². The van der Waals surface area contributed by atoms with Gasteiger partial charge in [0.2, 0.25) is 0 Å². The first-order chi connectivity index (χ1) is 12.1. The van der Waals surface area contributed by atoms with Gasteiger partial charge in [-0.05, 0) is 58.8 Å². The quantitative estimate of drug-likeness (QED) is 0.852. The van der Waals surface area contributed by atoms with Crippen molar-refractivity contribution in [3.63, 3.8) is 0 Å². The Balaban J connectivity index is 1.91. The number of fused-ring (bicyclic) bond motifs is 1. The number of rotatable bonds is 5. The van der Waals surface area contributed by atoms with Crippen molar-refractivity contribution in [3.05, 3.63) is 47.3 Å². The Hall–Kier alpha value is -2.14. The zero-order chi connectivity index (χ0) is 17.8. The van der Waals surface area contributed by atoms with Crippen LogP contribution >= 0.6 is 0 Å². The molecule has 1 heterocycles. The first-order valence-corrected chi connectivity index (χ1v) is 9.18. The molecule has 0 saturated carbocycles. The molecule has 25 heavy (non-hydrogen) atoms. The molecule has 1 amide bonds. The molecule has 1 aromatic carbocycles. The van der Waals surface area contributed by atoms with E-state index in [-0.39, 0.29) is 5.91 Å². The van der Waals surface area contributed by atoms with E-state index in [0.29, 0.717) is 18.3 Å². The smallest absolute Gasteiger partial charge is 0.272 e. The number of carbonyl (C=O) groups excluding carboxylic acids is 1. The van der Waals surface area contributed by atoms with Gasteiger partial charge in [0.25, 0.3) is 5.91 Å². The number of likely N-dealkylation sites (N-methyl/N-ethyl adjacent to an activating group) is 1. The fourth-order valence-corrected chi connectivity index (χ4v) is 3.25. The minimum atomic E-state index is -0.0541. The molecular formula is C20H28N4O. The number of para-hydroxylation sites is 1. The third-order valence-electron chi connectivity index (χ3n) is 5.09. The van der Waals surface area contributed by atoms with E-state index in [9.17, 15) is 4.79 Å². The monoisotopic (exact) mass is 340 g/mol. The van der Waals surface area contributed by atoms with Crippen LogP contribution in [0.15, 0.2) is 30.3 Å². The van der Waals surface area contributed by atoms with E-state index in [4.69, 9.17) is 5.10 Å². The maximum absolute atomic E-state index is 12.8. The molecule has 5 nitrogen and oxygen atoms in total. The van der Waals surface area contributed by atoms with Crippen LogP contribution in [0.5, 0.6) is 0 Å². The lowest BCUT2D eigenvalue weighted by atomic mass is 10.1. The highest BCUT2D eigenvalue weighted by Gasteiger charge is 2.24. The third kappa shape index (κ3) is 3.93. The lowest BCUT2D eigenvalue weighted by Gasteiger charge is -2.19. The molecule has 3 rings (SSSR count). The Morgan fingerprint density at radius 2 is 1.92 bits per heavy atom. The zero-order valence-electron chi connectivity index (χ0n) is 15.5. The van der Waals surface area contributed by atoms with E-state index in [1.807, 2.05) is 49.1 Å². The van der Waals surface area contributed by atoms with Crippen LogP contribution in [-0.4, -0.2) is 47.3 Å². The van der Waals surface area contributed by atoms with Gasteiger partial charge in [-0.2, -0.15) is 5.10 Å². The van der Waals surface area contributed by atoms with Gasteiger partial charge in [-0.15, -0.1) is 0 Å². The van der Waals surface area contributed by atoms with Crippen molar-refractivity contribution in [2.45, 2.75) is 45.1 Å². The van der Waals surface area contributed by atoms with Gasteiger partial charge in [-0.3, -0.25) is 4.79 Å². The average molecular weight is 340 g/mol. The predicted molar refractivity (Wildman–Crippen MR) is 100 cm³/mol. The molecule has 1 unspecified atom stereocenters. The number of nitrogens with one attached hydrogen (secondary N) is 1. The minimum Gasteiger partial charge on any atom is -0.349 e. The van der Waals surface area contributed by atoms with Crippen LogP contribution in [0.1, 0.15) is 47.9 Å². The standard InChI is InChI=1S/C20H28N4O/c1-15(23(2)3)14-21-20(25)19-17-12-8-5-9-13-18(17)24(22-19)16-10-6-4-7-11-16/h4,6-7,10-11,15H,5,8-9,12-14H2,1-3H3,(H,21,25). The van der Waals surface area contributed by atoms with Crippen molar-refractivity contribution in [1.82, 2.24) is 20.0 Å². The van der Waals surface area contributed by atoms with Gasteiger partial charge in [-0.1, -0.05) is 24.6 Å². The molecule has 1 N–H and O–H groups in total. The molecular weight excluding hydrogens is 312 g/mol. The zero-order valence-corrected chi connectivity index (χ0v) is 15.5. The molecule has 1 atom stereocenters. The summed E-state index contributed by atoms with van der Waals surface area (Å²) >= 11 is 0. The highest BCUT2D eigenvalue weighted by molar-refractivity contribution is 5.94. The van der Waals surface area contributed by atoms with Crippen LogP contribution in [0, 0.1) is 0 Å². The SMILES string of the molecule is CC(CNC(=O)c1nn(-c2ccccc2)c2c1CCCCC2)N(C)C. The number of hydrogen-bond acceptors (Lipinski definition) is 3. The molecule has 134 valence electrons. The van der Waals surface area contributed by atoms with Crippen LogP contribution in [0.25, 0.3) is 5.69 Å². The summed E-state index contributed by atoms with van der Waals surface area (Å²) in [6, 6.07) is 10.4. The number of carbonyl (C=O) groups is 1. The number of nitrogens with zero attached hydrogens (tertiary/aromatic N) is 3. The van der Waals surface area contributed by atoms with Crippen molar-refractivity contribution < 1.29 is 4.79 Å². The molecule has 1 aliphatic rings. The van der Waals surface area contributed by atoms with Crippen LogP contribution < -0.4 is 5.32 Å². The second-order valence-corrected chi connectivity index (χ2v) is 7.10. The molecule has 2 aromatic rings. The number of benzene rings is 1. The van der Waals surface area contributed by atoms with Gasteiger partial charge in [0.1, 0.15) is 0 Å². The second-order valence-electron chi connectivity index (χ2n) is 7.10. The van der Waals surface area contributed by atoms with E-state index in [1.54, 1.807) is 0 Å². The summed E-state index contributed by atoms with van der Waals surface area (Å²) in [6.45, 7) is 2.72. The molecule has 0 spiro atoms. The van der Waals surface area contributed by atoms with E-state index in [0.717, 1.165) is 36.9 Å². The molecule has 0 fully saturated rings. The lowest BCUT2D eigenvalue weighted by molar-refractivity contribution is 0.0937. The number of amides is 1. The Labute approximate surface area is 150 Å². The van der Waals surface area contributed by atoms with Crippen LogP contribution in [0.2, 0.25) is 0 Å². The summed E-state index contributed by atoms with van der Waals surface area (Å²) in [5, 5.41) is 7.78. The second kappa shape index (κ2) is 7.83. The highest BCUT2D eigenvalue weighted by Crippen LogP contribution is 2.26. The predicted octanol–water partition coefficient (Wildman–Crippen LogP) is 2.82. The Morgan fingerprint density at radius 3 is 2.64 bits per heavy atom. The van der Waals surface area contributed by atoms with Crippen molar-refractivity contribution in [3.8, 4) is 5.69 Å². The van der Waals surface area contributed by atoms with E-state index < -0.39 is 0 Å². The third-order valence-corrected chi connectivity index (χ3v) is 5.09. The largest absolute Gasteiger partial charge is 0.349 e. The molecule has 0 aliphatic heterocycles. The Kier molecular flexibility index (Phi) is 5.53. The molecule has 1 aliphatic carbocycles. The minimum absolute atomic E-state index is 0.0541. The first kappa shape index (κ1) is 17.7. The van der Waals surface area contributed by atoms with E-state index in [1.165, 1.54) is 12.1 Å². The van der Waals surface area contributed by atoms with Gasteiger partial charge >= 0.3 is 0 Å². The van der Waals surface area contributed by atoms with E-state index >= 15 is 0 Å². The molecule has 0 bridgehead atoms. The molecule has 0 radical (unpaired) electrons. The molecule has 0 saturated heterocycles. The maximum Gasteiger partial charge on any atom is 0.272 e. The molecule has 1 aromatic heterocycles. The topological polar surface area (TPSA) is 50.2 Å². The summed E-state index contributed by atoms with van der Waals surface area (Å²) in [6.07, 6.45) is 5.42. The summed E-state index contributed by atoms with van der Waals surface area (Å²) in [7, 11) is 4.04. The Bertz CT molecular complexity index is 721. The van der Waals surface area contributed by atoms with Gasteiger partial charge in [-0.25, -0.2) is 4.68 Å². The van der Waals surface area contributed by atoms with Gasteiger partial charge < -0.3 is 10.2 Å². The summed E-state index contributed by atoms with van der Waals surface area (Å²) in [5.41, 5.74) is 3.97. The van der Waals surface area contributed by atoms with Crippen molar-refractivity contribution >= 4 is 5.91 Å². The van der Waals surface area contributed by atoms with Crippen LogP contribution in [0.3, 0.4) is 0 Å². The maximum atomic E-state index is 12.8. The van der Waals surface area contributed by atoms with Crippen LogP contribution in [0.4, 0.5) is 0 Å². The summed E-state index contributed by atoms with van der Waals surface area (Å²) in [5.74, 6) is -0.0541. The normalized spacial score (nSPS) is 15.5. The van der Waals surface area contributed by atoms with Crippen molar-refractivity contribution in [2.24, 2.45) is 0 Å². The lowest BCUT2D eigenvalue weighted by Crippen LogP contribution is -2.38. The van der Waals surface area contributed by atoms with Crippen molar-refractivity contribution in [1.29, 1.82) is 0 Å². The number of hydrogen-bond donors (Lipinski definition) is 1. The van der Waals surface area contributed by atoms with Gasteiger partial charge in [0, 0.05) is 23.8 Å². The number of aromatic nitrogens is 2. The van der Waals surface area contributed by atoms with Gasteiger partial charge in [0.05, 0.1) is 5.69 Å². The fraction of sp³-hybridized carbons (Fsp3) is 0.500. The average Bonchev–Trinajstić information content (AvgIpc) is 2.81. The summed E-state index contributed by atoms with van der Waals surface area (Å²) in [4.78, 5) is 14.9. The van der Waals surface area contributed by atoms with Crippen molar-refractivity contribution in [2.75, 3.05) is 20.6 Å². The van der Waals surface area contributed by atoms with Gasteiger partial charge in [0.15, 0.2) is 5.69 Å². The molecule has 5 heteroatoms. The Morgan fingerprint density at radius 1 is 1.20 bits per heavy atom. The van der Waals surface area contributed by atoms with Crippen LogP contribution in [-0.2, 0) is 12.8 Å². The first-order valence-electron chi connectivity index (χ1n) is 9.18. The fourth-order valence-electron chi connectivity index (χ4n) is 3.25. The highest BCUT2D eigenvalue weighted by atomic mass is 16.2.